The van der Waals surface area contributed by atoms with Gasteiger partial charge in [-0.05, 0) is 0 Å². The van der Waals surface area contributed by atoms with E-state index in [2.05, 4.69) is 20.8 Å². The van der Waals surface area contributed by atoms with Gasteiger partial charge in [0, 0.05) is 6.08 Å². The molecule has 0 aromatic heterocycles. The quantitative estimate of drug-likeness (QED) is 0.529. The number of carboxylic acid groups (broad SMARTS) is 1. The molecule has 0 spiro atoms. The molecule has 0 saturated heterocycles. The molecule has 0 aliphatic carbocycles. The van der Waals surface area contributed by atoms with E-state index in [1.807, 2.05) is 5.70 Å². The molecule has 0 amide bonds. The van der Waals surface area contributed by atoms with E-state index >= 15 is 0 Å². The second-order valence-electron chi connectivity index (χ2n) is 3.09. The Bertz CT molecular complexity index is 163. The highest BCUT2D eigenvalue weighted by atomic mass is 28.3. The second-order valence-corrected chi connectivity index (χ2v) is 8.27. The van der Waals surface area contributed by atoms with Crippen LogP contribution in [0, 0.1) is 0 Å². The molecule has 0 rings (SSSR count). The molecular formula is C9H18O2Si. The summed E-state index contributed by atoms with van der Waals surface area (Å²) in [7, 11) is -1.34. The van der Waals surface area contributed by atoms with E-state index in [-0.39, 0.29) is 0 Å². The monoisotopic (exact) mass is 186 g/mol. The standard InChI is InChI=1S/C9H18O2Si/c1-4-12(5-2,6-3)8-7-9(10)11/h7-8H,4-6H2,1-3H3,(H,10,11). The van der Waals surface area contributed by atoms with Crippen molar-refractivity contribution in [1.82, 2.24) is 0 Å². The predicted octanol–water partition coefficient (Wildman–Crippen LogP) is 2.67. The van der Waals surface area contributed by atoms with E-state index in [1.165, 1.54) is 6.08 Å². The van der Waals surface area contributed by atoms with Gasteiger partial charge in [0.05, 0.1) is 8.07 Å². The summed E-state index contributed by atoms with van der Waals surface area (Å²) in [6.45, 7) is 6.47. The third kappa shape index (κ3) is 3.22. The molecule has 0 radical (unpaired) electrons. The van der Waals surface area contributed by atoms with Gasteiger partial charge in [-0.3, -0.25) is 0 Å². The summed E-state index contributed by atoms with van der Waals surface area (Å²) in [6, 6.07) is 3.43. The van der Waals surface area contributed by atoms with E-state index in [0.717, 1.165) is 18.1 Å². The number of aliphatic carboxylic acids is 1. The Morgan fingerprint density at radius 3 is 1.92 bits per heavy atom. The highest BCUT2D eigenvalue weighted by Crippen LogP contribution is 2.21. The first-order valence-corrected chi connectivity index (χ1v) is 7.22. The SMILES string of the molecule is CC[Si](C=CC(=O)O)(CC)CC. The molecule has 12 heavy (non-hydrogen) atoms. The number of hydrogen-bond donors (Lipinski definition) is 1. The molecule has 1 N–H and O–H groups in total. The van der Waals surface area contributed by atoms with Gasteiger partial charge >= 0.3 is 5.97 Å². The molecule has 2 nitrogen and oxygen atoms in total. The summed E-state index contributed by atoms with van der Waals surface area (Å²) in [5.41, 5.74) is 1.97. The smallest absolute Gasteiger partial charge is 0.327 e. The first-order chi connectivity index (χ1) is 5.60. The fourth-order valence-corrected chi connectivity index (χ4v) is 4.05. The lowest BCUT2D eigenvalue weighted by Gasteiger charge is -2.22. The second kappa shape index (κ2) is 5.14. The summed E-state index contributed by atoms with van der Waals surface area (Å²) >= 11 is 0. The van der Waals surface area contributed by atoms with Crippen LogP contribution in [0.2, 0.25) is 18.1 Å². The minimum atomic E-state index is -1.34. The van der Waals surface area contributed by atoms with Crippen molar-refractivity contribution >= 4 is 14.0 Å². The third-order valence-corrected chi connectivity index (χ3v) is 7.79. The summed E-state index contributed by atoms with van der Waals surface area (Å²) in [6.07, 6.45) is 1.32. The highest BCUT2D eigenvalue weighted by molar-refractivity contribution is 6.84. The zero-order valence-corrected chi connectivity index (χ0v) is 9.13. The van der Waals surface area contributed by atoms with Gasteiger partial charge in [0.25, 0.3) is 0 Å². The van der Waals surface area contributed by atoms with Gasteiger partial charge in [0.2, 0.25) is 0 Å². The Morgan fingerprint density at radius 1 is 1.25 bits per heavy atom. The number of rotatable bonds is 5. The molecule has 0 unspecified atom stereocenters. The van der Waals surface area contributed by atoms with Crippen molar-refractivity contribution in [3.05, 3.63) is 11.8 Å². The molecule has 0 bridgehead atoms. The van der Waals surface area contributed by atoms with E-state index in [4.69, 9.17) is 5.11 Å². The van der Waals surface area contributed by atoms with Crippen LogP contribution in [0.5, 0.6) is 0 Å². The van der Waals surface area contributed by atoms with Gasteiger partial charge in [-0.15, -0.1) is 0 Å². The molecule has 70 valence electrons. The summed E-state index contributed by atoms with van der Waals surface area (Å²) in [5.74, 6) is -0.817. The first-order valence-electron chi connectivity index (χ1n) is 4.52. The topological polar surface area (TPSA) is 37.3 Å². The van der Waals surface area contributed by atoms with E-state index in [9.17, 15) is 4.79 Å². The lowest BCUT2D eigenvalue weighted by Crippen LogP contribution is -2.28. The van der Waals surface area contributed by atoms with Crippen LogP contribution >= 0.6 is 0 Å². The van der Waals surface area contributed by atoms with Crippen molar-refractivity contribution in [3.8, 4) is 0 Å². The predicted molar refractivity (Wildman–Crippen MR) is 54.0 cm³/mol. The minimum Gasteiger partial charge on any atom is -0.478 e. The number of carboxylic acids is 1. The molecule has 0 aromatic carbocycles. The Balaban J connectivity index is 4.39. The maximum Gasteiger partial charge on any atom is 0.327 e. The molecule has 0 aliphatic heterocycles. The lowest BCUT2D eigenvalue weighted by molar-refractivity contribution is -0.131. The van der Waals surface area contributed by atoms with Crippen LogP contribution in [0.15, 0.2) is 11.8 Å². The van der Waals surface area contributed by atoms with Crippen LogP contribution in [0.4, 0.5) is 0 Å². The summed E-state index contributed by atoms with van der Waals surface area (Å²) < 4.78 is 0. The maximum atomic E-state index is 10.3. The van der Waals surface area contributed by atoms with Gasteiger partial charge in [-0.25, -0.2) is 4.79 Å². The average Bonchev–Trinajstić information content (AvgIpc) is 2.08. The fraction of sp³-hybridized carbons (Fsp3) is 0.667. The van der Waals surface area contributed by atoms with E-state index in [0.29, 0.717) is 0 Å². The molecule has 0 aliphatic rings. The van der Waals surface area contributed by atoms with E-state index < -0.39 is 14.0 Å². The number of hydrogen-bond acceptors (Lipinski definition) is 1. The Hall–Kier alpha value is -0.573. The van der Waals surface area contributed by atoms with Crippen molar-refractivity contribution in [2.45, 2.75) is 38.9 Å². The van der Waals surface area contributed by atoms with Crippen LogP contribution in [-0.4, -0.2) is 19.1 Å². The van der Waals surface area contributed by atoms with Crippen LogP contribution in [0.1, 0.15) is 20.8 Å². The van der Waals surface area contributed by atoms with Crippen molar-refractivity contribution in [2.75, 3.05) is 0 Å². The maximum absolute atomic E-state index is 10.3. The molecule has 3 heteroatoms. The Morgan fingerprint density at radius 2 is 1.67 bits per heavy atom. The Labute approximate surface area is 75.3 Å². The molecular weight excluding hydrogens is 168 g/mol. The van der Waals surface area contributed by atoms with Crippen molar-refractivity contribution in [2.24, 2.45) is 0 Å². The van der Waals surface area contributed by atoms with Crippen LogP contribution in [0.25, 0.3) is 0 Å². The third-order valence-electron chi connectivity index (χ3n) is 2.69. The summed E-state index contributed by atoms with van der Waals surface area (Å²) in [5, 5.41) is 8.50. The zero-order valence-electron chi connectivity index (χ0n) is 8.13. The van der Waals surface area contributed by atoms with Gasteiger partial charge in [-0.2, -0.15) is 0 Å². The highest BCUT2D eigenvalue weighted by Gasteiger charge is 2.22. The Kier molecular flexibility index (Phi) is 4.89. The van der Waals surface area contributed by atoms with Crippen LogP contribution in [-0.2, 0) is 4.79 Å². The average molecular weight is 186 g/mol. The van der Waals surface area contributed by atoms with Gasteiger partial charge < -0.3 is 5.11 Å². The van der Waals surface area contributed by atoms with E-state index in [1.54, 1.807) is 0 Å². The van der Waals surface area contributed by atoms with Gasteiger partial charge in [-0.1, -0.05) is 44.6 Å². The minimum absolute atomic E-state index is 0.817. The van der Waals surface area contributed by atoms with Crippen molar-refractivity contribution < 1.29 is 9.90 Å². The van der Waals surface area contributed by atoms with Crippen LogP contribution < -0.4 is 0 Å². The largest absolute Gasteiger partial charge is 0.478 e. The first kappa shape index (κ1) is 11.4. The van der Waals surface area contributed by atoms with Crippen LogP contribution in [0.3, 0.4) is 0 Å². The van der Waals surface area contributed by atoms with Gasteiger partial charge in [0.1, 0.15) is 0 Å². The zero-order chi connectivity index (χ0) is 9.61. The molecule has 0 heterocycles. The lowest BCUT2D eigenvalue weighted by atomic mass is 10.7. The molecule has 0 atom stereocenters. The van der Waals surface area contributed by atoms with Crippen molar-refractivity contribution in [3.63, 3.8) is 0 Å². The molecule has 0 saturated carbocycles. The number of carbonyl (C=O) groups is 1. The molecule has 0 aromatic rings. The van der Waals surface area contributed by atoms with Gasteiger partial charge in [0.15, 0.2) is 0 Å². The fourth-order valence-electron chi connectivity index (χ4n) is 1.35. The normalized spacial score (nSPS) is 12.2. The van der Waals surface area contributed by atoms with Crippen molar-refractivity contribution in [1.29, 1.82) is 0 Å². The summed E-state index contributed by atoms with van der Waals surface area (Å²) in [4.78, 5) is 10.3. The molecule has 0 fully saturated rings.